The van der Waals surface area contributed by atoms with Gasteiger partial charge in [0.1, 0.15) is 5.75 Å². The molecule has 0 amide bonds. The smallest absolute Gasteiger partial charge is 0.154 e. The van der Waals surface area contributed by atoms with E-state index in [9.17, 15) is 8.42 Å². The highest BCUT2D eigenvalue weighted by Crippen LogP contribution is 2.26. The fraction of sp³-hybridized carbons (Fsp3) is 0.538. The first kappa shape index (κ1) is 15.8. The predicted molar refractivity (Wildman–Crippen MR) is 76.7 cm³/mol. The average molecular weight is 287 g/mol. The van der Waals surface area contributed by atoms with Crippen LogP contribution in [0.2, 0.25) is 0 Å². The van der Waals surface area contributed by atoms with Crippen molar-refractivity contribution in [2.45, 2.75) is 13.8 Å². The van der Waals surface area contributed by atoms with Crippen molar-refractivity contribution in [3.8, 4) is 5.75 Å². The Kier molecular flexibility index (Phi) is 5.62. The number of aliphatic hydroxyl groups excluding tert-OH is 1. The van der Waals surface area contributed by atoms with E-state index in [2.05, 4.69) is 5.32 Å². The third-order valence-electron chi connectivity index (χ3n) is 2.87. The minimum atomic E-state index is -3.18. The lowest BCUT2D eigenvalue weighted by Gasteiger charge is -2.13. The van der Waals surface area contributed by atoms with E-state index in [4.69, 9.17) is 9.84 Å². The van der Waals surface area contributed by atoms with Crippen molar-refractivity contribution >= 4 is 15.5 Å². The number of hydrogen-bond donors (Lipinski definition) is 2. The minimum Gasteiger partial charge on any atom is -0.496 e. The number of aryl methyl sites for hydroxylation is 2. The van der Waals surface area contributed by atoms with E-state index in [0.29, 0.717) is 6.54 Å². The van der Waals surface area contributed by atoms with Crippen LogP contribution in [0.5, 0.6) is 5.75 Å². The van der Waals surface area contributed by atoms with Crippen molar-refractivity contribution in [1.82, 2.24) is 0 Å². The number of aliphatic hydroxyl groups is 1. The fourth-order valence-corrected chi connectivity index (χ4v) is 2.72. The Hall–Kier alpha value is -1.27. The number of anilines is 1. The summed E-state index contributed by atoms with van der Waals surface area (Å²) in [6.45, 7) is 3.90. The van der Waals surface area contributed by atoms with Gasteiger partial charge in [0.15, 0.2) is 9.84 Å². The molecule has 5 nitrogen and oxygen atoms in total. The van der Waals surface area contributed by atoms with Gasteiger partial charge in [0.05, 0.1) is 25.2 Å². The van der Waals surface area contributed by atoms with Crippen molar-refractivity contribution in [1.29, 1.82) is 0 Å². The highest BCUT2D eigenvalue weighted by atomic mass is 32.2. The molecule has 0 saturated heterocycles. The van der Waals surface area contributed by atoms with Crippen molar-refractivity contribution in [3.05, 3.63) is 23.3 Å². The maximum Gasteiger partial charge on any atom is 0.154 e. The summed E-state index contributed by atoms with van der Waals surface area (Å²) in [5, 5.41) is 11.7. The van der Waals surface area contributed by atoms with Crippen LogP contribution in [-0.2, 0) is 9.84 Å². The van der Waals surface area contributed by atoms with Gasteiger partial charge in [-0.2, -0.15) is 0 Å². The quantitative estimate of drug-likeness (QED) is 0.786. The Morgan fingerprint density at radius 1 is 1.21 bits per heavy atom. The zero-order valence-electron chi connectivity index (χ0n) is 11.6. The maximum atomic E-state index is 11.5. The third-order valence-corrected chi connectivity index (χ3v) is 4.50. The summed E-state index contributed by atoms with van der Waals surface area (Å²) in [4.78, 5) is 0. The summed E-state index contributed by atoms with van der Waals surface area (Å²) in [6.07, 6.45) is 0. The van der Waals surface area contributed by atoms with Gasteiger partial charge < -0.3 is 15.2 Å². The highest BCUT2D eigenvalue weighted by Gasteiger charge is 2.10. The molecular formula is C13H21NO4S. The second-order valence-corrected chi connectivity index (χ2v) is 6.74. The molecule has 1 aromatic carbocycles. The summed E-state index contributed by atoms with van der Waals surface area (Å²) in [5.74, 6) is 0.583. The first-order valence-electron chi connectivity index (χ1n) is 6.10. The molecule has 0 bridgehead atoms. The van der Waals surface area contributed by atoms with Crippen LogP contribution in [0.25, 0.3) is 0 Å². The van der Waals surface area contributed by atoms with E-state index >= 15 is 0 Å². The number of benzene rings is 1. The minimum absolute atomic E-state index is 0.00317. The third kappa shape index (κ3) is 4.72. The van der Waals surface area contributed by atoms with Crippen LogP contribution < -0.4 is 10.1 Å². The Bertz CT molecular complexity index is 526. The van der Waals surface area contributed by atoms with Crippen LogP contribution in [0.3, 0.4) is 0 Å². The van der Waals surface area contributed by atoms with Crippen molar-refractivity contribution in [2.75, 3.05) is 37.1 Å². The second-order valence-electron chi connectivity index (χ2n) is 4.44. The summed E-state index contributed by atoms with van der Waals surface area (Å²) in [5.41, 5.74) is 2.94. The van der Waals surface area contributed by atoms with Gasteiger partial charge in [0, 0.05) is 18.3 Å². The summed E-state index contributed by atoms with van der Waals surface area (Å²) < 4.78 is 28.2. The van der Waals surface area contributed by atoms with Crippen LogP contribution in [0.4, 0.5) is 5.69 Å². The van der Waals surface area contributed by atoms with Gasteiger partial charge in [0.2, 0.25) is 0 Å². The molecule has 2 N–H and O–H groups in total. The zero-order valence-corrected chi connectivity index (χ0v) is 12.4. The topological polar surface area (TPSA) is 75.6 Å². The molecule has 0 heterocycles. The number of methoxy groups -OCH3 is 1. The number of nitrogens with one attached hydrogen (secondary N) is 1. The van der Waals surface area contributed by atoms with Crippen LogP contribution in [0.15, 0.2) is 12.1 Å². The van der Waals surface area contributed by atoms with Gasteiger partial charge in [-0.3, -0.25) is 0 Å². The number of sulfone groups is 1. The Morgan fingerprint density at radius 2 is 1.89 bits per heavy atom. The first-order chi connectivity index (χ1) is 8.89. The van der Waals surface area contributed by atoms with Gasteiger partial charge in [-0.15, -0.1) is 0 Å². The van der Waals surface area contributed by atoms with E-state index in [1.165, 1.54) is 0 Å². The van der Waals surface area contributed by atoms with Crippen molar-refractivity contribution in [2.24, 2.45) is 0 Å². The van der Waals surface area contributed by atoms with E-state index in [0.717, 1.165) is 22.6 Å². The molecule has 108 valence electrons. The molecular weight excluding hydrogens is 266 g/mol. The average Bonchev–Trinajstić information content (AvgIpc) is 2.31. The van der Waals surface area contributed by atoms with Crippen LogP contribution in [0.1, 0.15) is 11.1 Å². The van der Waals surface area contributed by atoms with Crippen LogP contribution in [0, 0.1) is 13.8 Å². The van der Waals surface area contributed by atoms with Crippen molar-refractivity contribution in [3.63, 3.8) is 0 Å². The highest BCUT2D eigenvalue weighted by molar-refractivity contribution is 7.91. The molecule has 0 spiro atoms. The number of ether oxygens (including phenoxy) is 1. The Morgan fingerprint density at radius 3 is 2.47 bits per heavy atom. The van der Waals surface area contributed by atoms with Gasteiger partial charge in [0.25, 0.3) is 0 Å². The Labute approximate surface area is 114 Å². The van der Waals surface area contributed by atoms with Crippen LogP contribution in [-0.4, -0.2) is 45.3 Å². The lowest BCUT2D eigenvalue weighted by atomic mass is 10.1. The van der Waals surface area contributed by atoms with Gasteiger partial charge in [-0.25, -0.2) is 8.42 Å². The molecule has 0 aliphatic rings. The summed E-state index contributed by atoms with van der Waals surface area (Å²) in [7, 11) is -1.58. The maximum absolute atomic E-state index is 11.5. The van der Waals surface area contributed by atoms with E-state index in [-0.39, 0.29) is 18.1 Å². The SMILES string of the molecule is COc1cc(NCCS(=O)(=O)CCO)c(C)cc1C. The number of hydrogen-bond acceptors (Lipinski definition) is 5. The molecule has 6 heteroatoms. The number of rotatable bonds is 7. The van der Waals surface area contributed by atoms with E-state index in [1.807, 2.05) is 26.0 Å². The molecule has 0 aromatic heterocycles. The van der Waals surface area contributed by atoms with Crippen molar-refractivity contribution < 1.29 is 18.3 Å². The second kappa shape index (κ2) is 6.77. The lowest BCUT2D eigenvalue weighted by Crippen LogP contribution is -2.20. The molecule has 0 aliphatic carbocycles. The molecule has 0 aliphatic heterocycles. The molecule has 0 radical (unpaired) electrons. The summed E-state index contributed by atoms with van der Waals surface area (Å²) in [6, 6.07) is 3.85. The molecule has 0 fully saturated rings. The first-order valence-corrected chi connectivity index (χ1v) is 7.92. The molecule has 0 atom stereocenters. The predicted octanol–water partition coefficient (Wildman–Crippen LogP) is 1.13. The van der Waals surface area contributed by atoms with E-state index < -0.39 is 9.84 Å². The standard InChI is InChI=1S/C13H21NO4S/c1-10-8-11(2)13(18-3)9-12(10)14-4-6-19(16,17)7-5-15/h8-9,14-15H,4-7H2,1-3H3. The normalized spacial score (nSPS) is 11.4. The lowest BCUT2D eigenvalue weighted by molar-refractivity contribution is 0.319. The summed E-state index contributed by atoms with van der Waals surface area (Å²) >= 11 is 0. The Balaban J connectivity index is 2.68. The molecule has 19 heavy (non-hydrogen) atoms. The monoisotopic (exact) mass is 287 g/mol. The fourth-order valence-electron chi connectivity index (χ4n) is 1.83. The zero-order chi connectivity index (χ0) is 14.5. The molecule has 0 saturated carbocycles. The molecule has 1 aromatic rings. The van der Waals surface area contributed by atoms with Crippen LogP contribution >= 0.6 is 0 Å². The molecule has 0 unspecified atom stereocenters. The largest absolute Gasteiger partial charge is 0.496 e. The molecule has 1 rings (SSSR count). The van der Waals surface area contributed by atoms with Gasteiger partial charge in [-0.05, 0) is 25.0 Å². The van der Waals surface area contributed by atoms with Gasteiger partial charge in [-0.1, -0.05) is 6.07 Å². The van der Waals surface area contributed by atoms with Gasteiger partial charge >= 0.3 is 0 Å². The van der Waals surface area contributed by atoms with E-state index in [1.54, 1.807) is 7.11 Å².